The second kappa shape index (κ2) is 12.5. The molecule has 0 bridgehead atoms. The molecule has 1 unspecified atom stereocenters. The minimum absolute atomic E-state index is 0.000810. The standard InChI is InChI=1S/C31H22ClN3O4S3/c32-23-10-5-4-9-21(23)18-41-31-34-33-30(42-31)35-26(25(28(37)29(35)38)27(36)24-11-6-16-40-24)20-12-14-22(15-13-20)39-17-19-7-2-1-3-8-19/h1-16,26,37H,17-18H2. The molecule has 1 atom stereocenters. The number of rotatable bonds is 10. The minimum atomic E-state index is -0.898. The van der Waals surface area contributed by atoms with Gasteiger partial charge in [-0.1, -0.05) is 101 Å². The number of Topliss-reactive ketones (excluding diaryl/α,β-unsaturated/α-hetero) is 1. The van der Waals surface area contributed by atoms with Crippen LogP contribution >= 0.6 is 46.0 Å². The quantitative estimate of drug-likeness (QED) is 0.0951. The van der Waals surface area contributed by atoms with Crippen molar-refractivity contribution in [3.63, 3.8) is 0 Å². The Morgan fingerprint density at radius 2 is 1.74 bits per heavy atom. The lowest BCUT2D eigenvalue weighted by Crippen LogP contribution is -2.31. The number of ether oxygens (including phenoxy) is 1. The fourth-order valence-electron chi connectivity index (χ4n) is 4.49. The molecule has 1 N–H and O–H groups in total. The zero-order chi connectivity index (χ0) is 29.1. The molecule has 2 aromatic heterocycles. The highest BCUT2D eigenvalue weighted by Crippen LogP contribution is 2.44. The van der Waals surface area contributed by atoms with Crippen LogP contribution in [0.2, 0.25) is 5.02 Å². The van der Waals surface area contributed by atoms with E-state index in [0.717, 1.165) is 11.1 Å². The molecule has 5 aromatic rings. The number of hydrogen-bond acceptors (Lipinski definition) is 9. The van der Waals surface area contributed by atoms with Gasteiger partial charge in [-0.2, -0.15) is 0 Å². The van der Waals surface area contributed by atoms with E-state index in [1.807, 2.05) is 54.6 Å². The SMILES string of the molecule is O=C(C1=C(O)C(=O)N(c2nnc(SCc3ccccc3Cl)s2)C1c1ccc(OCc2ccccc2)cc1)c1cccs1. The average Bonchev–Trinajstić information content (AvgIpc) is 3.77. The van der Waals surface area contributed by atoms with E-state index in [2.05, 4.69) is 10.2 Å². The van der Waals surface area contributed by atoms with Gasteiger partial charge in [-0.25, -0.2) is 0 Å². The number of amides is 1. The van der Waals surface area contributed by atoms with Crippen LogP contribution in [0.1, 0.15) is 32.4 Å². The molecule has 0 saturated carbocycles. The van der Waals surface area contributed by atoms with Crippen LogP contribution in [0.25, 0.3) is 0 Å². The summed E-state index contributed by atoms with van der Waals surface area (Å²) in [5, 5.41) is 22.3. The number of carbonyl (C=O) groups excluding carboxylic acids is 2. The third-order valence-corrected chi connectivity index (χ3v) is 9.89. The van der Waals surface area contributed by atoms with Gasteiger partial charge in [0.2, 0.25) is 10.9 Å². The molecule has 7 nitrogen and oxygen atoms in total. The van der Waals surface area contributed by atoms with E-state index in [4.69, 9.17) is 16.3 Å². The highest BCUT2D eigenvalue weighted by Gasteiger charge is 2.46. The van der Waals surface area contributed by atoms with Gasteiger partial charge in [-0.15, -0.1) is 21.5 Å². The molecule has 1 aliphatic rings. The topological polar surface area (TPSA) is 92.6 Å². The van der Waals surface area contributed by atoms with Gasteiger partial charge in [0.05, 0.1) is 16.5 Å². The molecule has 210 valence electrons. The van der Waals surface area contributed by atoms with Gasteiger partial charge in [0.25, 0.3) is 5.91 Å². The van der Waals surface area contributed by atoms with Gasteiger partial charge in [0.15, 0.2) is 10.1 Å². The van der Waals surface area contributed by atoms with E-state index in [1.54, 1.807) is 41.8 Å². The van der Waals surface area contributed by atoms with Gasteiger partial charge >= 0.3 is 0 Å². The Hall–Kier alpha value is -3.96. The smallest absolute Gasteiger partial charge is 0.296 e. The van der Waals surface area contributed by atoms with E-state index in [1.165, 1.54) is 39.3 Å². The van der Waals surface area contributed by atoms with Gasteiger partial charge in [-0.3, -0.25) is 14.5 Å². The number of thiophene rings is 1. The second-order valence-electron chi connectivity index (χ2n) is 9.22. The second-order valence-corrected chi connectivity index (χ2v) is 12.8. The number of thioether (sulfide) groups is 1. The lowest BCUT2D eigenvalue weighted by Gasteiger charge is -2.24. The molecule has 1 amide bonds. The van der Waals surface area contributed by atoms with Crippen LogP contribution in [-0.2, 0) is 17.2 Å². The van der Waals surface area contributed by atoms with E-state index in [9.17, 15) is 14.7 Å². The van der Waals surface area contributed by atoms with Crippen LogP contribution in [0.3, 0.4) is 0 Å². The van der Waals surface area contributed by atoms with Crippen LogP contribution in [0, 0.1) is 0 Å². The summed E-state index contributed by atoms with van der Waals surface area (Å²) in [6.45, 7) is 0.399. The van der Waals surface area contributed by atoms with Gasteiger partial charge in [0, 0.05) is 10.8 Å². The fraction of sp³-hybridized carbons (Fsp3) is 0.0968. The number of carbonyl (C=O) groups is 2. The summed E-state index contributed by atoms with van der Waals surface area (Å²) in [5.74, 6) is -0.508. The molecule has 11 heteroatoms. The number of benzene rings is 3. The monoisotopic (exact) mass is 631 g/mol. The van der Waals surface area contributed by atoms with Crippen molar-refractivity contribution >= 4 is 62.9 Å². The number of aromatic nitrogens is 2. The lowest BCUT2D eigenvalue weighted by molar-refractivity contribution is -0.117. The fourth-order valence-corrected chi connectivity index (χ4v) is 7.32. The first-order chi connectivity index (χ1) is 20.5. The summed E-state index contributed by atoms with van der Waals surface area (Å²) in [7, 11) is 0. The maximum absolute atomic E-state index is 13.6. The molecule has 0 radical (unpaired) electrons. The minimum Gasteiger partial charge on any atom is -0.503 e. The number of aliphatic hydroxyl groups excluding tert-OH is 1. The Bertz CT molecular complexity index is 1760. The Morgan fingerprint density at radius 1 is 0.976 bits per heavy atom. The van der Waals surface area contributed by atoms with Crippen LogP contribution < -0.4 is 9.64 Å². The van der Waals surface area contributed by atoms with E-state index >= 15 is 0 Å². The maximum atomic E-state index is 13.6. The van der Waals surface area contributed by atoms with E-state index in [-0.39, 0.29) is 10.7 Å². The number of ketones is 1. The molecule has 0 spiro atoms. The predicted molar refractivity (Wildman–Crippen MR) is 167 cm³/mol. The summed E-state index contributed by atoms with van der Waals surface area (Å²) in [5.41, 5.74) is 2.61. The molecule has 0 aliphatic carbocycles. The highest BCUT2D eigenvalue weighted by molar-refractivity contribution is 8.00. The van der Waals surface area contributed by atoms with Crippen molar-refractivity contribution in [2.45, 2.75) is 22.7 Å². The van der Waals surface area contributed by atoms with Crippen molar-refractivity contribution in [2.75, 3.05) is 4.90 Å². The van der Waals surface area contributed by atoms with Crippen molar-refractivity contribution in [3.8, 4) is 5.75 Å². The van der Waals surface area contributed by atoms with Crippen LogP contribution in [0.4, 0.5) is 5.13 Å². The third-order valence-electron chi connectivity index (χ3n) is 6.55. The van der Waals surface area contributed by atoms with Crippen molar-refractivity contribution in [3.05, 3.63) is 134 Å². The molecule has 3 heterocycles. The summed E-state index contributed by atoms with van der Waals surface area (Å²) < 4.78 is 6.56. The molecule has 0 fully saturated rings. The Kier molecular flexibility index (Phi) is 8.38. The van der Waals surface area contributed by atoms with Crippen LogP contribution in [-0.4, -0.2) is 27.0 Å². The van der Waals surface area contributed by atoms with Crippen molar-refractivity contribution in [1.29, 1.82) is 0 Å². The normalized spacial score (nSPS) is 14.9. The third kappa shape index (κ3) is 5.84. The molecular weight excluding hydrogens is 610 g/mol. The number of anilines is 1. The summed E-state index contributed by atoms with van der Waals surface area (Å²) in [6.07, 6.45) is 0. The molecule has 6 rings (SSSR count). The molecule has 42 heavy (non-hydrogen) atoms. The first-order valence-electron chi connectivity index (χ1n) is 12.8. The molecule has 0 saturated heterocycles. The van der Waals surface area contributed by atoms with E-state index < -0.39 is 23.5 Å². The van der Waals surface area contributed by atoms with Gasteiger partial charge in [0.1, 0.15) is 12.4 Å². The number of nitrogens with zero attached hydrogens (tertiary/aromatic N) is 3. The molecule has 3 aromatic carbocycles. The molecule has 1 aliphatic heterocycles. The first-order valence-corrected chi connectivity index (χ1v) is 15.9. The summed E-state index contributed by atoms with van der Waals surface area (Å²) in [6, 6.07) is 27.1. The van der Waals surface area contributed by atoms with Crippen molar-refractivity contribution in [1.82, 2.24) is 10.2 Å². The zero-order valence-electron chi connectivity index (χ0n) is 21.8. The number of aliphatic hydroxyl groups is 1. The van der Waals surface area contributed by atoms with Crippen molar-refractivity contribution < 1.29 is 19.4 Å². The molecular formula is C31H22ClN3O4S3. The lowest BCUT2D eigenvalue weighted by atomic mass is 9.95. The first kappa shape index (κ1) is 28.2. The largest absolute Gasteiger partial charge is 0.503 e. The summed E-state index contributed by atoms with van der Waals surface area (Å²) >= 11 is 10.2. The van der Waals surface area contributed by atoms with Gasteiger partial charge < -0.3 is 9.84 Å². The van der Waals surface area contributed by atoms with E-state index in [0.29, 0.717) is 37.9 Å². The average molecular weight is 632 g/mol. The van der Waals surface area contributed by atoms with Gasteiger partial charge in [-0.05, 0) is 46.3 Å². The van der Waals surface area contributed by atoms with Crippen molar-refractivity contribution in [2.24, 2.45) is 0 Å². The Labute approximate surface area is 259 Å². The highest BCUT2D eigenvalue weighted by atomic mass is 35.5. The van der Waals surface area contributed by atoms with Crippen LogP contribution in [0.15, 0.2) is 112 Å². The van der Waals surface area contributed by atoms with Crippen LogP contribution in [0.5, 0.6) is 5.75 Å². The zero-order valence-corrected chi connectivity index (χ0v) is 25.1. The predicted octanol–water partition coefficient (Wildman–Crippen LogP) is 7.91. The Balaban J connectivity index is 1.29. The Morgan fingerprint density at radius 3 is 2.48 bits per heavy atom. The number of hydrogen-bond donors (Lipinski definition) is 1. The summed E-state index contributed by atoms with van der Waals surface area (Å²) in [4.78, 5) is 28.8. The maximum Gasteiger partial charge on any atom is 0.296 e. The number of halogens is 1.